The lowest BCUT2D eigenvalue weighted by molar-refractivity contribution is 0.323. The Kier molecular flexibility index (Phi) is 7.65. The van der Waals surface area contributed by atoms with Crippen LogP contribution < -0.4 is 19.9 Å². The zero-order valence-electron chi connectivity index (χ0n) is 19.9. The summed E-state index contributed by atoms with van der Waals surface area (Å²) in [5.41, 5.74) is 4.99. The van der Waals surface area contributed by atoms with Gasteiger partial charge in [0.15, 0.2) is 15.7 Å². The number of benzene rings is 1. The van der Waals surface area contributed by atoms with E-state index in [4.69, 9.17) is 24.9 Å². The second-order valence-electron chi connectivity index (χ2n) is 8.21. The Balaban J connectivity index is 2.18. The van der Waals surface area contributed by atoms with E-state index in [-0.39, 0.29) is 5.84 Å². The average molecular weight is 489 g/mol. The average Bonchev–Trinajstić information content (AvgIpc) is 3.41. The third-order valence-corrected chi connectivity index (χ3v) is 9.84. The number of thioether (sulfide) groups is 2. The minimum absolute atomic E-state index is 0.248. The van der Waals surface area contributed by atoms with Gasteiger partial charge in [-0.15, -0.1) is 23.5 Å². The highest BCUT2D eigenvalue weighted by Crippen LogP contribution is 2.85. The van der Waals surface area contributed by atoms with E-state index in [0.29, 0.717) is 17.2 Å². The summed E-state index contributed by atoms with van der Waals surface area (Å²) in [5.74, 6) is 2.92. The lowest BCUT2D eigenvalue weighted by Crippen LogP contribution is -2.32. The molecule has 33 heavy (non-hydrogen) atoms. The highest BCUT2D eigenvalue weighted by molar-refractivity contribution is 8.18. The van der Waals surface area contributed by atoms with Crippen LogP contribution in [0.3, 0.4) is 0 Å². The lowest BCUT2D eigenvalue weighted by Gasteiger charge is -2.32. The molecule has 3 unspecified atom stereocenters. The van der Waals surface area contributed by atoms with E-state index >= 15 is 0 Å². The van der Waals surface area contributed by atoms with Crippen LogP contribution in [0.2, 0.25) is 0 Å². The van der Waals surface area contributed by atoms with Crippen molar-refractivity contribution < 1.29 is 14.2 Å². The molecule has 3 rings (SSSR count). The standard InChI is InChI=1S/C24H32N4O3S2/c1-6-8-10-32-24(33-11-9-7-2)23(15-26)20(22(23,14-25)21(27)28-24)16-12-17(29-3)19(31-5)18(13-16)30-4/h12-13,20H,6-11H2,1-5H3,(H2,27,28). The van der Waals surface area contributed by atoms with Crippen molar-refractivity contribution in [2.45, 2.75) is 49.7 Å². The molecule has 2 N–H and O–H groups in total. The van der Waals surface area contributed by atoms with Crippen molar-refractivity contribution in [3.05, 3.63) is 17.7 Å². The van der Waals surface area contributed by atoms with Gasteiger partial charge in [0.1, 0.15) is 16.7 Å². The van der Waals surface area contributed by atoms with Crippen molar-refractivity contribution in [3.8, 4) is 29.4 Å². The Hall–Kier alpha value is -2.23. The summed E-state index contributed by atoms with van der Waals surface area (Å²) < 4.78 is 15.7. The van der Waals surface area contributed by atoms with Gasteiger partial charge in [-0.1, -0.05) is 26.7 Å². The van der Waals surface area contributed by atoms with E-state index in [2.05, 4.69) is 26.0 Å². The van der Waals surface area contributed by atoms with Crippen LogP contribution in [0.1, 0.15) is 51.0 Å². The summed E-state index contributed by atoms with van der Waals surface area (Å²) in [6, 6.07) is 8.64. The molecule has 0 bridgehead atoms. The van der Waals surface area contributed by atoms with Gasteiger partial charge in [0.05, 0.1) is 33.5 Å². The molecule has 1 fully saturated rings. The minimum atomic E-state index is -1.19. The summed E-state index contributed by atoms with van der Waals surface area (Å²) in [4.78, 5) is 4.86. The van der Waals surface area contributed by atoms with Crippen LogP contribution in [0.4, 0.5) is 0 Å². The molecule has 0 amide bonds. The number of nitriles is 2. The number of hydrogen-bond acceptors (Lipinski definition) is 9. The molecule has 3 atom stereocenters. The van der Waals surface area contributed by atoms with Crippen LogP contribution in [0.15, 0.2) is 17.1 Å². The van der Waals surface area contributed by atoms with Crippen LogP contribution in [0, 0.1) is 33.5 Å². The van der Waals surface area contributed by atoms with Crippen LogP contribution in [0.5, 0.6) is 17.2 Å². The fourth-order valence-electron chi connectivity index (χ4n) is 4.84. The molecule has 1 aromatic rings. The fourth-order valence-corrected chi connectivity index (χ4v) is 8.52. The van der Waals surface area contributed by atoms with Gasteiger partial charge in [0, 0.05) is 5.92 Å². The van der Waals surface area contributed by atoms with Gasteiger partial charge in [-0.05, 0) is 42.0 Å². The first-order valence-corrected chi connectivity index (χ1v) is 13.2. The number of nitrogens with two attached hydrogens (primary N) is 1. The number of fused-ring (bicyclic) bond motifs is 1. The maximum absolute atomic E-state index is 10.7. The molecule has 1 aromatic carbocycles. The van der Waals surface area contributed by atoms with Crippen molar-refractivity contribution in [1.82, 2.24) is 0 Å². The molecule has 9 heteroatoms. The quantitative estimate of drug-likeness (QED) is 0.326. The Morgan fingerprint density at radius 1 is 0.970 bits per heavy atom. The molecule has 0 radical (unpaired) electrons. The molecule has 0 saturated heterocycles. The van der Waals surface area contributed by atoms with Gasteiger partial charge in [0.2, 0.25) is 5.75 Å². The van der Waals surface area contributed by atoms with Gasteiger partial charge < -0.3 is 19.9 Å². The van der Waals surface area contributed by atoms with E-state index < -0.39 is 21.0 Å². The molecule has 7 nitrogen and oxygen atoms in total. The fraction of sp³-hybridized carbons (Fsp3) is 0.625. The Bertz CT molecular complexity index is 967. The van der Waals surface area contributed by atoms with Gasteiger partial charge in [-0.25, -0.2) is 4.99 Å². The van der Waals surface area contributed by atoms with Gasteiger partial charge in [-0.3, -0.25) is 0 Å². The van der Waals surface area contributed by atoms with Gasteiger partial charge >= 0.3 is 0 Å². The lowest BCUT2D eigenvalue weighted by atomic mass is 9.97. The molecule has 0 spiro atoms. The molecule has 178 valence electrons. The molecule has 2 aliphatic rings. The summed E-state index contributed by atoms with van der Waals surface area (Å²) >= 11 is 3.32. The number of unbranched alkanes of at least 4 members (excludes halogenated alkanes) is 2. The van der Waals surface area contributed by atoms with E-state index in [1.165, 1.54) is 0 Å². The van der Waals surface area contributed by atoms with Crippen molar-refractivity contribution in [2.24, 2.45) is 21.6 Å². The molecule has 1 aliphatic carbocycles. The highest BCUT2D eigenvalue weighted by atomic mass is 32.2. The zero-order valence-corrected chi connectivity index (χ0v) is 21.6. The normalized spacial score (nSPS) is 26.5. The second kappa shape index (κ2) is 9.95. The molecule has 1 heterocycles. The predicted molar refractivity (Wildman–Crippen MR) is 134 cm³/mol. The Labute approximate surface area is 205 Å². The van der Waals surface area contributed by atoms with Gasteiger partial charge in [0.25, 0.3) is 0 Å². The molecular weight excluding hydrogens is 456 g/mol. The predicted octanol–water partition coefficient (Wildman–Crippen LogP) is 4.92. The zero-order chi connectivity index (χ0) is 24.3. The number of ether oxygens (including phenoxy) is 3. The Morgan fingerprint density at radius 3 is 1.91 bits per heavy atom. The van der Waals surface area contributed by atoms with Crippen molar-refractivity contribution in [3.63, 3.8) is 0 Å². The van der Waals surface area contributed by atoms with Crippen LogP contribution in [-0.4, -0.2) is 42.9 Å². The first-order chi connectivity index (χ1) is 15.9. The second-order valence-corrected chi connectivity index (χ2v) is 11.0. The number of methoxy groups -OCH3 is 3. The van der Waals surface area contributed by atoms with E-state index in [1.54, 1.807) is 44.9 Å². The first kappa shape index (κ1) is 25.4. The molecular formula is C24H32N4O3S2. The number of rotatable bonds is 12. The topological polar surface area (TPSA) is 114 Å². The molecule has 1 aliphatic heterocycles. The van der Waals surface area contributed by atoms with Crippen LogP contribution in [0.25, 0.3) is 0 Å². The summed E-state index contributed by atoms with van der Waals surface area (Å²) in [5, 5.41) is 21.1. The summed E-state index contributed by atoms with van der Waals surface area (Å²) in [6.45, 7) is 4.28. The monoisotopic (exact) mass is 488 g/mol. The first-order valence-electron chi connectivity index (χ1n) is 11.2. The van der Waals surface area contributed by atoms with E-state index in [9.17, 15) is 10.5 Å². The SMILES string of the molecule is CCCCSC1(SCCCC)N=C(N)C2(C#N)C(c3cc(OC)c(OC)c(OC)c3)C12C#N. The Morgan fingerprint density at radius 2 is 1.52 bits per heavy atom. The third kappa shape index (κ3) is 3.52. The highest BCUT2D eigenvalue weighted by Gasteiger charge is 2.92. The summed E-state index contributed by atoms with van der Waals surface area (Å²) in [7, 11) is 4.65. The minimum Gasteiger partial charge on any atom is -0.493 e. The van der Waals surface area contributed by atoms with E-state index in [0.717, 1.165) is 42.8 Å². The maximum Gasteiger partial charge on any atom is 0.203 e. The van der Waals surface area contributed by atoms with E-state index in [1.807, 2.05) is 12.1 Å². The molecule has 1 saturated carbocycles. The van der Waals surface area contributed by atoms with Crippen LogP contribution >= 0.6 is 23.5 Å². The summed E-state index contributed by atoms with van der Waals surface area (Å²) in [6.07, 6.45) is 4.10. The van der Waals surface area contributed by atoms with Crippen molar-refractivity contribution >= 4 is 29.4 Å². The maximum atomic E-state index is 10.7. The number of nitrogens with zero attached hydrogens (tertiary/aromatic N) is 3. The van der Waals surface area contributed by atoms with Crippen molar-refractivity contribution in [2.75, 3.05) is 32.8 Å². The van der Waals surface area contributed by atoms with Gasteiger partial charge in [-0.2, -0.15) is 10.5 Å². The largest absolute Gasteiger partial charge is 0.493 e. The number of amidine groups is 1. The van der Waals surface area contributed by atoms with Crippen molar-refractivity contribution in [1.29, 1.82) is 10.5 Å². The number of aliphatic imine (C=N–C) groups is 1. The molecule has 0 aromatic heterocycles. The van der Waals surface area contributed by atoms with Crippen LogP contribution in [-0.2, 0) is 0 Å². The number of hydrogen-bond donors (Lipinski definition) is 1. The smallest absolute Gasteiger partial charge is 0.203 e. The third-order valence-electron chi connectivity index (χ3n) is 6.54.